The molecule has 0 bridgehead atoms. The summed E-state index contributed by atoms with van der Waals surface area (Å²) in [5.41, 5.74) is 0. The molecule has 0 saturated carbocycles. The van der Waals surface area contributed by atoms with Gasteiger partial charge in [0.25, 0.3) is 0 Å². The summed E-state index contributed by atoms with van der Waals surface area (Å²) in [4.78, 5) is -1.22. The number of rotatable bonds is 7. The van der Waals surface area contributed by atoms with Crippen molar-refractivity contribution in [2.24, 2.45) is 0 Å². The average molecular weight is 510 g/mol. The third kappa shape index (κ3) is 4.23. The van der Waals surface area contributed by atoms with Crippen LogP contribution in [0.2, 0.25) is 0 Å². The zero-order valence-corrected chi connectivity index (χ0v) is 18.0. The first kappa shape index (κ1) is 25.1. The van der Waals surface area contributed by atoms with E-state index < -0.39 is 51.6 Å². The van der Waals surface area contributed by atoms with Crippen LogP contribution in [-0.4, -0.2) is 29.8 Å². The van der Waals surface area contributed by atoms with Crippen molar-refractivity contribution in [2.75, 3.05) is 0 Å². The maximum atomic E-state index is 16.7. The Morgan fingerprint density at radius 1 is 0.606 bits per heavy atom. The Balaban J connectivity index is 2.63. The number of halogens is 6. The monoisotopic (exact) mass is 510 g/mol. The molecule has 0 radical (unpaired) electrons. The van der Waals surface area contributed by atoms with Crippen molar-refractivity contribution in [3.63, 3.8) is 0 Å². The maximum absolute atomic E-state index is 16.7. The van der Waals surface area contributed by atoms with E-state index in [1.54, 1.807) is 0 Å². The number of alkyl halides is 6. The summed E-state index contributed by atoms with van der Waals surface area (Å²) in [6.07, 6.45) is -6.06. The predicted octanol–water partition coefficient (Wildman–Crippen LogP) is 6.61. The Bertz CT molecular complexity index is 1090. The summed E-state index contributed by atoms with van der Waals surface area (Å²) in [6.45, 7) is 0. The molecule has 4 nitrogen and oxygen atoms in total. The van der Waals surface area contributed by atoms with Crippen LogP contribution in [0.25, 0.3) is 0 Å². The van der Waals surface area contributed by atoms with Crippen molar-refractivity contribution >= 4 is 20.1 Å². The summed E-state index contributed by atoms with van der Waals surface area (Å²) in [6, 6.07) is 18.4. The van der Waals surface area contributed by atoms with Crippen molar-refractivity contribution in [3.05, 3.63) is 91.0 Å². The summed E-state index contributed by atoms with van der Waals surface area (Å²) in [7, 11) is -11.3. The van der Waals surface area contributed by atoms with Crippen molar-refractivity contribution in [1.82, 2.24) is 0 Å². The zero-order valence-electron chi connectivity index (χ0n) is 16.4. The molecular weight excluding hydrogens is 494 g/mol. The molecule has 0 spiro atoms. The lowest BCUT2D eigenvalue weighted by Crippen LogP contribution is -2.56. The second kappa shape index (κ2) is 8.67. The van der Waals surface area contributed by atoms with Gasteiger partial charge in [0.15, 0.2) is 0 Å². The summed E-state index contributed by atoms with van der Waals surface area (Å²) in [5, 5.41) is -11.4. The van der Waals surface area contributed by atoms with Crippen molar-refractivity contribution in [1.29, 1.82) is 0 Å². The molecule has 1 unspecified atom stereocenters. The van der Waals surface area contributed by atoms with E-state index in [2.05, 4.69) is 4.74 Å². The molecule has 0 aromatic heterocycles. The summed E-state index contributed by atoms with van der Waals surface area (Å²) >= 11 is 0. The van der Waals surface area contributed by atoms with Gasteiger partial charge in [-0.3, -0.25) is 4.55 Å². The van der Waals surface area contributed by atoms with Crippen LogP contribution >= 0.6 is 10.0 Å². The van der Waals surface area contributed by atoms with E-state index in [1.807, 2.05) is 0 Å². The van der Waals surface area contributed by atoms with Gasteiger partial charge < -0.3 is 0 Å². The van der Waals surface area contributed by atoms with E-state index in [-0.39, 0.29) is 0 Å². The first-order valence-corrected chi connectivity index (χ1v) is 12.1. The van der Waals surface area contributed by atoms with Gasteiger partial charge in [-0.2, -0.15) is 21.6 Å². The van der Waals surface area contributed by atoms with Crippen LogP contribution in [0.4, 0.5) is 26.3 Å². The molecule has 12 heteroatoms. The molecule has 0 fully saturated rings. The fourth-order valence-electron chi connectivity index (χ4n) is 3.34. The highest BCUT2D eigenvalue weighted by molar-refractivity contribution is 8.35. The van der Waals surface area contributed by atoms with Gasteiger partial charge in [0.2, 0.25) is 0 Å². The number of hydrogen-bond donors (Lipinski definition) is 1. The van der Waals surface area contributed by atoms with Gasteiger partial charge in [-0.05, 0) is 36.4 Å². The lowest BCUT2D eigenvalue weighted by molar-refractivity contribution is -0.391. The third-order valence-electron chi connectivity index (χ3n) is 4.60. The molecule has 0 amide bonds. The zero-order chi connectivity index (χ0) is 24.5. The van der Waals surface area contributed by atoms with E-state index in [9.17, 15) is 26.1 Å². The minimum absolute atomic E-state index is 0.405. The third-order valence-corrected chi connectivity index (χ3v) is 9.71. The van der Waals surface area contributed by atoms with Crippen LogP contribution < -0.4 is 0 Å². The highest BCUT2D eigenvalue weighted by Crippen LogP contribution is 2.80. The Labute approximate surface area is 186 Å². The Morgan fingerprint density at radius 2 is 0.909 bits per heavy atom. The van der Waals surface area contributed by atoms with E-state index in [0.717, 1.165) is 36.4 Å². The molecule has 178 valence electrons. The fraction of sp³-hybridized carbons (Fsp3) is 0.143. The van der Waals surface area contributed by atoms with Gasteiger partial charge in [-0.15, -0.1) is 13.2 Å². The predicted molar refractivity (Wildman–Crippen MR) is 109 cm³/mol. The van der Waals surface area contributed by atoms with Gasteiger partial charge in [-0.25, -0.2) is 4.74 Å². The van der Waals surface area contributed by atoms with Crippen LogP contribution in [0.1, 0.15) is 0 Å². The van der Waals surface area contributed by atoms with Crippen LogP contribution in [0.3, 0.4) is 0 Å². The first-order chi connectivity index (χ1) is 15.3. The number of ether oxygens (including phenoxy) is 1. The SMILES string of the molecule is O=S(=O)(O)C(F)(F)C(F)(OC(F)(F)F)S(c1ccccc1)(c1ccccc1)c1ccccc1. The Kier molecular flexibility index (Phi) is 6.59. The minimum atomic E-state index is -6.75. The quantitative estimate of drug-likeness (QED) is 0.287. The fourth-order valence-corrected chi connectivity index (χ4v) is 8.38. The molecule has 1 atom stereocenters. The Morgan fingerprint density at radius 3 is 1.15 bits per heavy atom. The molecular formula is C21H16F6O4S2. The number of benzene rings is 3. The molecule has 0 aliphatic carbocycles. The molecule has 33 heavy (non-hydrogen) atoms. The molecule has 0 aliphatic rings. The van der Waals surface area contributed by atoms with E-state index in [4.69, 9.17) is 0 Å². The van der Waals surface area contributed by atoms with E-state index >= 15 is 13.2 Å². The molecule has 3 rings (SSSR count). The second-order valence-corrected chi connectivity index (χ2v) is 11.3. The standard InChI is InChI=1S/C21H16F6O4S2/c22-19(23,33(28,29)30)20(24,31-21(25,26)27)32(16-10-4-1-5-11-16,17-12-6-2-7-13-17)18-14-8-3-9-15-18/h1-15H,(H,28,29,30). The van der Waals surface area contributed by atoms with Crippen LogP contribution in [0.5, 0.6) is 0 Å². The lowest BCUT2D eigenvalue weighted by Gasteiger charge is -2.51. The van der Waals surface area contributed by atoms with Gasteiger partial charge in [-0.1, -0.05) is 64.6 Å². The van der Waals surface area contributed by atoms with E-state index in [0.29, 0.717) is 0 Å². The molecule has 0 heterocycles. The van der Waals surface area contributed by atoms with Crippen LogP contribution in [-0.2, 0) is 14.9 Å². The smallest absolute Gasteiger partial charge is 0.281 e. The lowest BCUT2D eigenvalue weighted by atomic mass is 10.4. The molecule has 3 aromatic carbocycles. The molecule has 3 aromatic rings. The molecule has 0 aliphatic heterocycles. The maximum Gasteiger partial charge on any atom is 0.526 e. The topological polar surface area (TPSA) is 63.6 Å². The van der Waals surface area contributed by atoms with Crippen LogP contribution in [0, 0.1) is 0 Å². The van der Waals surface area contributed by atoms with Crippen molar-refractivity contribution in [2.45, 2.75) is 31.5 Å². The number of hydrogen-bond acceptors (Lipinski definition) is 3. The molecule has 0 saturated heterocycles. The minimum Gasteiger partial charge on any atom is -0.281 e. The van der Waals surface area contributed by atoms with E-state index in [1.165, 1.54) is 54.6 Å². The normalized spacial score (nSPS) is 15.6. The second-order valence-electron chi connectivity index (χ2n) is 6.63. The van der Waals surface area contributed by atoms with Gasteiger partial charge in [0.1, 0.15) is 0 Å². The van der Waals surface area contributed by atoms with Crippen LogP contribution in [0.15, 0.2) is 106 Å². The van der Waals surface area contributed by atoms with Gasteiger partial charge >= 0.3 is 26.9 Å². The highest BCUT2D eigenvalue weighted by atomic mass is 32.3. The highest BCUT2D eigenvalue weighted by Gasteiger charge is 2.77. The van der Waals surface area contributed by atoms with Gasteiger partial charge in [0.05, 0.1) is 0 Å². The van der Waals surface area contributed by atoms with Gasteiger partial charge in [0, 0.05) is 14.7 Å². The first-order valence-electron chi connectivity index (χ1n) is 9.06. The molecule has 1 N–H and O–H groups in total. The summed E-state index contributed by atoms with van der Waals surface area (Å²) < 4.78 is 124. The van der Waals surface area contributed by atoms with Crippen molar-refractivity contribution < 1.29 is 44.0 Å². The average Bonchev–Trinajstić information content (AvgIpc) is 2.74. The van der Waals surface area contributed by atoms with Crippen molar-refractivity contribution in [3.8, 4) is 0 Å². The largest absolute Gasteiger partial charge is 0.526 e. The summed E-state index contributed by atoms with van der Waals surface area (Å²) in [5.74, 6) is 0. The Hall–Kier alpha value is -2.54.